The van der Waals surface area contributed by atoms with E-state index < -0.39 is 17.9 Å². The van der Waals surface area contributed by atoms with E-state index in [2.05, 4.69) is 17.9 Å². The van der Waals surface area contributed by atoms with Crippen LogP contribution < -0.4 is 4.31 Å². The van der Waals surface area contributed by atoms with Crippen molar-refractivity contribution in [3.8, 4) is 0 Å². The van der Waals surface area contributed by atoms with Crippen LogP contribution in [0.2, 0.25) is 5.02 Å². The molecule has 1 heterocycles. The molecule has 6 nitrogen and oxygen atoms in total. The average Bonchev–Trinajstić information content (AvgIpc) is 2.69. The van der Waals surface area contributed by atoms with Crippen LogP contribution in [-0.4, -0.2) is 28.2 Å². The molecular formula is C10H9ClF2N4O2S. The van der Waals surface area contributed by atoms with Gasteiger partial charge in [0.2, 0.25) is 0 Å². The Morgan fingerprint density at radius 1 is 1.60 bits per heavy atom. The third kappa shape index (κ3) is 2.50. The molecule has 0 aliphatic carbocycles. The van der Waals surface area contributed by atoms with Gasteiger partial charge in [-0.1, -0.05) is 24.4 Å². The van der Waals surface area contributed by atoms with Crippen molar-refractivity contribution in [2.24, 2.45) is 0 Å². The molecule has 0 atom stereocenters. The van der Waals surface area contributed by atoms with Crippen molar-refractivity contribution in [1.82, 2.24) is 9.78 Å². The molecule has 2 aromatic rings. The van der Waals surface area contributed by atoms with Gasteiger partial charge < -0.3 is 4.31 Å². The molecule has 0 spiro atoms. The van der Waals surface area contributed by atoms with Gasteiger partial charge >= 0.3 is 0 Å². The number of aromatic nitrogens is 2. The minimum absolute atomic E-state index is 0.0429. The summed E-state index contributed by atoms with van der Waals surface area (Å²) in [5.74, 6) is 0.178. The SMILES string of the molecule is CN(S)c1nn(CC(F)F)c2c([N+](=O)[O-])ccc(Cl)c12. The minimum Gasteiger partial charge on any atom is -0.304 e. The highest BCUT2D eigenvalue weighted by Gasteiger charge is 2.25. The van der Waals surface area contributed by atoms with Crippen molar-refractivity contribution >= 4 is 46.8 Å². The first-order valence-corrected chi connectivity index (χ1v) is 6.15. The van der Waals surface area contributed by atoms with Crippen LogP contribution in [0.5, 0.6) is 0 Å². The molecule has 0 bridgehead atoms. The van der Waals surface area contributed by atoms with Gasteiger partial charge in [0.05, 0.1) is 15.3 Å². The average molecular weight is 323 g/mol. The number of nitro groups is 1. The van der Waals surface area contributed by atoms with Gasteiger partial charge in [-0.15, -0.1) is 0 Å². The first-order valence-electron chi connectivity index (χ1n) is 5.37. The monoisotopic (exact) mass is 322 g/mol. The highest BCUT2D eigenvalue weighted by Crippen LogP contribution is 2.38. The molecular weight excluding hydrogens is 314 g/mol. The Morgan fingerprint density at radius 3 is 2.75 bits per heavy atom. The van der Waals surface area contributed by atoms with Crippen LogP contribution in [0.4, 0.5) is 20.3 Å². The summed E-state index contributed by atoms with van der Waals surface area (Å²) in [6, 6.07) is 2.49. The maximum absolute atomic E-state index is 12.6. The second-order valence-corrected chi connectivity index (χ2v) is 4.97. The van der Waals surface area contributed by atoms with Crippen LogP contribution in [-0.2, 0) is 6.54 Å². The fourth-order valence-corrected chi connectivity index (χ4v) is 2.26. The molecule has 1 aromatic heterocycles. The lowest BCUT2D eigenvalue weighted by molar-refractivity contribution is -0.383. The van der Waals surface area contributed by atoms with Gasteiger partial charge in [-0.25, -0.2) is 13.5 Å². The number of alkyl halides is 2. The molecule has 0 amide bonds. The quantitative estimate of drug-likeness (QED) is 0.533. The topological polar surface area (TPSA) is 64.2 Å². The minimum atomic E-state index is -2.70. The molecule has 0 N–H and O–H groups in total. The number of nitrogens with zero attached hydrogens (tertiary/aromatic N) is 4. The van der Waals surface area contributed by atoms with Gasteiger partial charge in [0.15, 0.2) is 5.82 Å². The largest absolute Gasteiger partial charge is 0.304 e. The van der Waals surface area contributed by atoms with Crippen LogP contribution >= 0.6 is 24.4 Å². The zero-order chi connectivity index (χ0) is 15.0. The zero-order valence-corrected chi connectivity index (χ0v) is 11.8. The van der Waals surface area contributed by atoms with E-state index in [0.717, 1.165) is 10.7 Å². The van der Waals surface area contributed by atoms with Gasteiger partial charge in [0, 0.05) is 13.1 Å². The first kappa shape index (κ1) is 14.8. The van der Waals surface area contributed by atoms with Crippen LogP contribution in [0.3, 0.4) is 0 Å². The van der Waals surface area contributed by atoms with Crippen LogP contribution in [0.15, 0.2) is 12.1 Å². The smallest absolute Gasteiger partial charge is 0.295 e. The number of non-ortho nitro benzene ring substituents is 1. The van der Waals surface area contributed by atoms with Gasteiger partial charge in [-0.05, 0) is 6.07 Å². The highest BCUT2D eigenvalue weighted by molar-refractivity contribution is 7.81. The maximum Gasteiger partial charge on any atom is 0.295 e. The van der Waals surface area contributed by atoms with E-state index in [1.807, 2.05) is 0 Å². The molecule has 10 heteroatoms. The van der Waals surface area contributed by atoms with Crippen molar-refractivity contribution < 1.29 is 13.7 Å². The number of nitro benzene ring substituents is 1. The summed E-state index contributed by atoms with van der Waals surface area (Å²) in [4.78, 5) is 10.4. The Morgan fingerprint density at radius 2 is 2.25 bits per heavy atom. The number of thiol groups is 1. The number of hydrogen-bond acceptors (Lipinski definition) is 5. The summed E-state index contributed by atoms with van der Waals surface area (Å²) in [6.07, 6.45) is -2.70. The van der Waals surface area contributed by atoms with E-state index in [1.54, 1.807) is 0 Å². The number of fused-ring (bicyclic) bond motifs is 1. The lowest BCUT2D eigenvalue weighted by atomic mass is 10.2. The molecule has 0 radical (unpaired) electrons. The number of halogens is 3. The van der Waals surface area contributed by atoms with Crippen molar-refractivity contribution in [1.29, 1.82) is 0 Å². The van der Waals surface area contributed by atoms with E-state index in [0.29, 0.717) is 0 Å². The normalized spacial score (nSPS) is 11.3. The molecule has 0 saturated carbocycles. The van der Waals surface area contributed by atoms with E-state index in [4.69, 9.17) is 11.6 Å². The molecule has 108 valence electrons. The Labute approximate surface area is 122 Å². The summed E-state index contributed by atoms with van der Waals surface area (Å²) in [5, 5.41) is 15.4. The summed E-state index contributed by atoms with van der Waals surface area (Å²) in [7, 11) is 1.52. The van der Waals surface area contributed by atoms with E-state index in [1.165, 1.54) is 17.4 Å². The van der Waals surface area contributed by atoms with Crippen molar-refractivity contribution in [3.63, 3.8) is 0 Å². The Bertz CT molecular complexity index is 677. The van der Waals surface area contributed by atoms with E-state index in [9.17, 15) is 18.9 Å². The Balaban J connectivity index is 2.85. The molecule has 0 aliphatic rings. The fourth-order valence-electron chi connectivity index (χ4n) is 1.88. The molecule has 20 heavy (non-hydrogen) atoms. The van der Waals surface area contributed by atoms with Crippen LogP contribution in [0, 0.1) is 10.1 Å². The number of benzene rings is 1. The van der Waals surface area contributed by atoms with Crippen molar-refractivity contribution in [3.05, 3.63) is 27.3 Å². The van der Waals surface area contributed by atoms with Gasteiger partial charge in [0.25, 0.3) is 12.1 Å². The predicted molar refractivity (Wildman–Crippen MR) is 74.8 cm³/mol. The Kier molecular flexibility index (Phi) is 4.00. The van der Waals surface area contributed by atoms with Gasteiger partial charge in [0.1, 0.15) is 12.1 Å². The second kappa shape index (κ2) is 5.41. The van der Waals surface area contributed by atoms with Crippen LogP contribution in [0.1, 0.15) is 0 Å². The predicted octanol–water partition coefficient (Wildman–Crippen LogP) is 3.14. The van der Waals surface area contributed by atoms with Gasteiger partial charge in [-0.3, -0.25) is 10.1 Å². The summed E-state index contributed by atoms with van der Waals surface area (Å²) in [6.45, 7) is -0.765. The number of anilines is 1. The van der Waals surface area contributed by atoms with Crippen molar-refractivity contribution in [2.75, 3.05) is 11.4 Å². The molecule has 0 aliphatic heterocycles. The van der Waals surface area contributed by atoms with Crippen LogP contribution in [0.25, 0.3) is 10.9 Å². The van der Waals surface area contributed by atoms with Crippen molar-refractivity contribution in [2.45, 2.75) is 13.0 Å². The van der Waals surface area contributed by atoms with E-state index in [-0.39, 0.29) is 27.4 Å². The molecule has 0 unspecified atom stereocenters. The molecule has 1 aromatic carbocycles. The third-order valence-corrected chi connectivity index (χ3v) is 3.12. The molecule has 0 fully saturated rings. The zero-order valence-electron chi connectivity index (χ0n) is 10.1. The summed E-state index contributed by atoms with van der Waals surface area (Å²) < 4.78 is 27.3. The lowest BCUT2D eigenvalue weighted by Gasteiger charge is -2.06. The van der Waals surface area contributed by atoms with Gasteiger partial charge in [-0.2, -0.15) is 5.10 Å². The number of hydrogen-bond donors (Lipinski definition) is 1. The third-order valence-electron chi connectivity index (χ3n) is 2.62. The molecule has 2 rings (SSSR count). The standard InChI is InChI=1S/C10H9ClF2N4O2S/c1-15(20)10-8-5(11)2-3-6(17(18)19)9(8)16(14-10)4-7(12)13/h2-3,7,20H,4H2,1H3. The first-order chi connectivity index (χ1) is 9.32. The fraction of sp³-hybridized carbons (Fsp3) is 0.300. The molecule has 0 saturated heterocycles. The lowest BCUT2D eigenvalue weighted by Crippen LogP contribution is -2.10. The Hall–Kier alpha value is -1.61. The summed E-state index contributed by atoms with van der Waals surface area (Å²) in [5.41, 5.74) is -0.377. The maximum atomic E-state index is 12.6. The summed E-state index contributed by atoms with van der Waals surface area (Å²) >= 11 is 10.1. The number of rotatable bonds is 4. The highest BCUT2D eigenvalue weighted by atomic mass is 35.5. The second-order valence-electron chi connectivity index (χ2n) is 3.97. The van der Waals surface area contributed by atoms with E-state index >= 15 is 0 Å².